The largest absolute Gasteiger partial charge is 0.481 e. The van der Waals surface area contributed by atoms with E-state index in [9.17, 15) is 13.2 Å². The molecule has 1 aromatic carbocycles. The van der Waals surface area contributed by atoms with Crippen molar-refractivity contribution in [2.24, 2.45) is 0 Å². The molecule has 0 saturated heterocycles. The number of carboxylic acids is 1. The Hall–Kier alpha value is -1.93. The maximum absolute atomic E-state index is 12.2. The number of aromatic nitrogens is 1. The standard InChI is InChI=1S/C13H14N2O4S2/c1-9-14-8-13(20-9)21(18,19)15-11-5-3-2-4-10(11)6-7-12(16)17/h2-5,8,15H,6-7H2,1H3,(H,16,17). The van der Waals surface area contributed by atoms with Crippen molar-refractivity contribution in [1.82, 2.24) is 4.98 Å². The van der Waals surface area contributed by atoms with Crippen LogP contribution in [0.5, 0.6) is 0 Å². The van der Waals surface area contributed by atoms with E-state index in [0.29, 0.717) is 16.3 Å². The van der Waals surface area contributed by atoms with Gasteiger partial charge in [-0.25, -0.2) is 13.4 Å². The molecule has 0 spiro atoms. The fraction of sp³-hybridized carbons (Fsp3) is 0.231. The number of para-hydroxylation sites is 1. The summed E-state index contributed by atoms with van der Waals surface area (Å²) in [4.78, 5) is 14.6. The van der Waals surface area contributed by atoms with Crippen LogP contribution in [0.15, 0.2) is 34.7 Å². The molecule has 0 aliphatic carbocycles. The van der Waals surface area contributed by atoms with E-state index in [4.69, 9.17) is 5.11 Å². The minimum atomic E-state index is -3.69. The van der Waals surface area contributed by atoms with Gasteiger partial charge in [0.2, 0.25) is 0 Å². The fourth-order valence-corrected chi connectivity index (χ4v) is 3.95. The van der Waals surface area contributed by atoms with Crippen molar-refractivity contribution in [2.75, 3.05) is 4.72 Å². The monoisotopic (exact) mass is 326 g/mol. The van der Waals surface area contributed by atoms with E-state index in [1.807, 2.05) is 0 Å². The van der Waals surface area contributed by atoms with Gasteiger partial charge >= 0.3 is 5.97 Å². The summed E-state index contributed by atoms with van der Waals surface area (Å²) < 4.78 is 27.1. The Morgan fingerprint density at radius 3 is 2.71 bits per heavy atom. The molecule has 2 rings (SSSR count). The highest BCUT2D eigenvalue weighted by atomic mass is 32.2. The molecule has 1 aromatic heterocycles. The van der Waals surface area contributed by atoms with Crippen molar-refractivity contribution >= 4 is 33.0 Å². The smallest absolute Gasteiger partial charge is 0.303 e. The molecular formula is C13H14N2O4S2. The maximum atomic E-state index is 12.2. The van der Waals surface area contributed by atoms with Crippen LogP contribution in [-0.4, -0.2) is 24.5 Å². The van der Waals surface area contributed by atoms with E-state index in [1.165, 1.54) is 6.20 Å². The lowest BCUT2D eigenvalue weighted by Crippen LogP contribution is -2.13. The normalized spacial score (nSPS) is 11.3. The summed E-state index contributed by atoms with van der Waals surface area (Å²) in [6.45, 7) is 1.73. The number of nitrogens with one attached hydrogen (secondary N) is 1. The average Bonchev–Trinajstić information content (AvgIpc) is 2.85. The van der Waals surface area contributed by atoms with Gasteiger partial charge in [0.25, 0.3) is 10.0 Å². The van der Waals surface area contributed by atoms with Gasteiger partial charge < -0.3 is 5.11 Å². The minimum Gasteiger partial charge on any atom is -0.481 e. The average molecular weight is 326 g/mol. The van der Waals surface area contributed by atoms with Crippen molar-refractivity contribution < 1.29 is 18.3 Å². The van der Waals surface area contributed by atoms with Crippen LogP contribution < -0.4 is 4.72 Å². The van der Waals surface area contributed by atoms with Crippen LogP contribution in [-0.2, 0) is 21.2 Å². The molecule has 0 aliphatic rings. The van der Waals surface area contributed by atoms with Crippen LogP contribution in [0, 0.1) is 6.92 Å². The number of rotatable bonds is 6. The summed E-state index contributed by atoms with van der Waals surface area (Å²) in [6.07, 6.45) is 1.51. The van der Waals surface area contributed by atoms with Gasteiger partial charge in [-0.1, -0.05) is 18.2 Å². The van der Waals surface area contributed by atoms with Crippen LogP contribution in [0.3, 0.4) is 0 Å². The molecular weight excluding hydrogens is 312 g/mol. The zero-order chi connectivity index (χ0) is 15.5. The Morgan fingerprint density at radius 1 is 1.38 bits per heavy atom. The number of anilines is 1. The first-order valence-corrected chi connectivity index (χ1v) is 8.43. The molecule has 2 aromatic rings. The summed E-state index contributed by atoms with van der Waals surface area (Å²) in [7, 11) is -3.69. The van der Waals surface area contributed by atoms with Crippen LogP contribution in [0.2, 0.25) is 0 Å². The molecule has 0 fully saturated rings. The Morgan fingerprint density at radius 2 is 2.10 bits per heavy atom. The maximum Gasteiger partial charge on any atom is 0.303 e. The molecule has 0 unspecified atom stereocenters. The second-order valence-corrected chi connectivity index (χ2v) is 7.50. The highest BCUT2D eigenvalue weighted by molar-refractivity contribution is 7.94. The van der Waals surface area contributed by atoms with Gasteiger partial charge in [-0.05, 0) is 25.0 Å². The van der Waals surface area contributed by atoms with Crippen LogP contribution in [0.1, 0.15) is 17.0 Å². The van der Waals surface area contributed by atoms with Gasteiger partial charge in [0, 0.05) is 6.42 Å². The Kier molecular flexibility index (Phi) is 4.59. The van der Waals surface area contributed by atoms with Gasteiger partial charge in [-0.15, -0.1) is 11.3 Å². The molecule has 0 amide bonds. The fourth-order valence-electron chi connectivity index (χ4n) is 1.74. The first kappa shape index (κ1) is 15.5. The third-order valence-electron chi connectivity index (χ3n) is 2.73. The predicted molar refractivity (Wildman–Crippen MR) is 80.1 cm³/mol. The molecule has 8 heteroatoms. The van der Waals surface area contributed by atoms with Crippen LogP contribution in [0.4, 0.5) is 5.69 Å². The zero-order valence-corrected chi connectivity index (χ0v) is 12.9. The van der Waals surface area contributed by atoms with Gasteiger partial charge in [-0.2, -0.15) is 0 Å². The lowest BCUT2D eigenvalue weighted by Gasteiger charge is -2.10. The molecule has 1 heterocycles. The van der Waals surface area contributed by atoms with E-state index in [2.05, 4.69) is 9.71 Å². The second kappa shape index (κ2) is 6.23. The van der Waals surface area contributed by atoms with E-state index in [1.54, 1.807) is 31.2 Å². The summed E-state index contributed by atoms with van der Waals surface area (Å²) in [5.74, 6) is -0.925. The third-order valence-corrected chi connectivity index (χ3v) is 5.47. The lowest BCUT2D eigenvalue weighted by atomic mass is 10.1. The first-order chi connectivity index (χ1) is 9.88. The summed E-state index contributed by atoms with van der Waals surface area (Å²) in [5, 5.41) is 9.40. The van der Waals surface area contributed by atoms with Gasteiger partial charge in [-0.3, -0.25) is 9.52 Å². The van der Waals surface area contributed by atoms with Crippen molar-refractivity contribution in [1.29, 1.82) is 0 Å². The highest BCUT2D eigenvalue weighted by Gasteiger charge is 2.18. The molecule has 112 valence electrons. The highest BCUT2D eigenvalue weighted by Crippen LogP contribution is 2.24. The Balaban J connectivity index is 2.25. The van der Waals surface area contributed by atoms with Gasteiger partial charge in [0.05, 0.1) is 16.9 Å². The first-order valence-electron chi connectivity index (χ1n) is 6.13. The SMILES string of the molecule is Cc1ncc(S(=O)(=O)Nc2ccccc2CCC(=O)O)s1. The number of nitrogens with zero attached hydrogens (tertiary/aromatic N) is 1. The number of benzene rings is 1. The summed E-state index contributed by atoms with van der Waals surface area (Å²) in [5.41, 5.74) is 1.04. The number of aliphatic carboxylic acids is 1. The second-order valence-electron chi connectivity index (χ2n) is 4.35. The van der Waals surface area contributed by atoms with E-state index in [0.717, 1.165) is 11.3 Å². The molecule has 0 bridgehead atoms. The molecule has 21 heavy (non-hydrogen) atoms. The molecule has 2 N–H and O–H groups in total. The summed E-state index contributed by atoms with van der Waals surface area (Å²) >= 11 is 1.08. The van der Waals surface area contributed by atoms with Gasteiger partial charge in [0.15, 0.2) is 4.21 Å². The number of sulfonamides is 1. The number of carbonyl (C=O) groups is 1. The molecule has 0 aliphatic heterocycles. The van der Waals surface area contributed by atoms with Gasteiger partial charge in [0.1, 0.15) is 0 Å². The predicted octanol–water partition coefficient (Wildman–Crippen LogP) is 2.27. The van der Waals surface area contributed by atoms with E-state index in [-0.39, 0.29) is 17.1 Å². The number of carboxylic acid groups (broad SMARTS) is 1. The minimum absolute atomic E-state index is 0.0571. The van der Waals surface area contributed by atoms with Crippen molar-refractivity contribution in [3.8, 4) is 0 Å². The molecule has 6 nitrogen and oxygen atoms in total. The lowest BCUT2D eigenvalue weighted by molar-refractivity contribution is -0.136. The molecule has 0 saturated carbocycles. The summed E-state index contributed by atoms with van der Waals surface area (Å²) in [6, 6.07) is 6.76. The quantitative estimate of drug-likeness (QED) is 0.849. The van der Waals surface area contributed by atoms with Crippen molar-refractivity contribution in [2.45, 2.75) is 24.0 Å². The Bertz CT molecular complexity index is 753. The van der Waals surface area contributed by atoms with Crippen molar-refractivity contribution in [3.05, 3.63) is 41.0 Å². The van der Waals surface area contributed by atoms with Crippen LogP contribution >= 0.6 is 11.3 Å². The Labute approximate surface area is 126 Å². The zero-order valence-electron chi connectivity index (χ0n) is 11.2. The van der Waals surface area contributed by atoms with Crippen molar-refractivity contribution in [3.63, 3.8) is 0 Å². The number of hydrogen-bond acceptors (Lipinski definition) is 5. The topological polar surface area (TPSA) is 96.4 Å². The van der Waals surface area contributed by atoms with E-state index >= 15 is 0 Å². The number of thiazole rings is 1. The molecule has 0 atom stereocenters. The van der Waals surface area contributed by atoms with Crippen LogP contribution in [0.25, 0.3) is 0 Å². The van der Waals surface area contributed by atoms with E-state index < -0.39 is 16.0 Å². The third kappa shape index (κ3) is 4.02. The number of hydrogen-bond donors (Lipinski definition) is 2. The molecule has 0 radical (unpaired) electrons. The number of aryl methyl sites for hydroxylation is 2.